The Hall–Kier alpha value is -2.17. The number of rotatable bonds is 9. The normalized spacial score (nSPS) is 11.0. The van der Waals surface area contributed by atoms with E-state index in [-0.39, 0.29) is 11.7 Å². The largest absolute Gasteiger partial charge is 0.385 e. The summed E-state index contributed by atoms with van der Waals surface area (Å²) in [7, 11) is 1.68. The molecule has 1 N–H and O–H groups in total. The monoisotopic (exact) mass is 393 g/mol. The molecule has 8 nitrogen and oxygen atoms in total. The highest BCUT2D eigenvalue weighted by molar-refractivity contribution is 7.99. The summed E-state index contributed by atoms with van der Waals surface area (Å²) in [6.07, 6.45) is 0.838. The third-order valence-electron chi connectivity index (χ3n) is 3.42. The van der Waals surface area contributed by atoms with Crippen molar-refractivity contribution in [3.05, 3.63) is 29.3 Å². The molecule has 0 aliphatic rings. The van der Waals surface area contributed by atoms with E-state index >= 15 is 0 Å². The Labute approximate surface area is 158 Å². The molecule has 0 unspecified atom stereocenters. The number of nitrogens with one attached hydrogen (secondary N) is 1. The van der Waals surface area contributed by atoms with Gasteiger partial charge in [-0.05, 0) is 24.8 Å². The van der Waals surface area contributed by atoms with Crippen LogP contribution in [0.25, 0.3) is 10.7 Å². The Bertz CT molecular complexity index is 844. The lowest BCUT2D eigenvalue weighted by Crippen LogP contribution is -2.15. The van der Waals surface area contributed by atoms with Crippen molar-refractivity contribution < 1.29 is 14.1 Å². The number of amides is 1. The minimum atomic E-state index is -0.174. The second kappa shape index (κ2) is 8.97. The molecule has 0 saturated heterocycles. The summed E-state index contributed by atoms with van der Waals surface area (Å²) in [4.78, 5) is 13.2. The van der Waals surface area contributed by atoms with Gasteiger partial charge < -0.3 is 19.1 Å². The molecule has 1 amide bonds. The molecule has 0 bridgehead atoms. The second-order valence-electron chi connectivity index (χ2n) is 5.44. The zero-order valence-corrected chi connectivity index (χ0v) is 16.1. The Kier molecular flexibility index (Phi) is 6.42. The van der Waals surface area contributed by atoms with Crippen molar-refractivity contribution in [1.82, 2.24) is 19.9 Å². The van der Waals surface area contributed by atoms with Crippen LogP contribution in [0.5, 0.6) is 0 Å². The summed E-state index contributed by atoms with van der Waals surface area (Å²) in [5.74, 6) is 1.90. The van der Waals surface area contributed by atoms with E-state index in [0.29, 0.717) is 23.3 Å². The van der Waals surface area contributed by atoms with Crippen molar-refractivity contribution >= 4 is 34.8 Å². The first kappa shape index (κ1) is 18.6. The molecule has 138 valence electrons. The fourth-order valence-corrected chi connectivity index (χ4v) is 3.77. The molecule has 0 atom stereocenters. The highest BCUT2D eigenvalue weighted by Gasteiger charge is 2.16. The Morgan fingerprint density at radius 1 is 1.46 bits per heavy atom. The number of hydrogen-bond acceptors (Lipinski definition) is 8. The number of anilines is 1. The smallest absolute Gasteiger partial charge is 0.236 e. The average Bonchev–Trinajstić information content (AvgIpc) is 3.35. The van der Waals surface area contributed by atoms with E-state index < -0.39 is 0 Å². The number of aryl methyl sites for hydroxylation is 1. The summed E-state index contributed by atoms with van der Waals surface area (Å²) < 4.78 is 12.1. The summed E-state index contributed by atoms with van der Waals surface area (Å²) in [6.45, 7) is 3.14. The van der Waals surface area contributed by atoms with Gasteiger partial charge >= 0.3 is 0 Å². The van der Waals surface area contributed by atoms with Gasteiger partial charge in [0.1, 0.15) is 5.76 Å². The average molecular weight is 393 g/mol. The number of ether oxygens (including phenoxy) is 1. The van der Waals surface area contributed by atoms with E-state index in [9.17, 15) is 4.79 Å². The van der Waals surface area contributed by atoms with Crippen LogP contribution in [0.2, 0.25) is 0 Å². The molecule has 0 radical (unpaired) electrons. The topological polar surface area (TPSA) is 95.1 Å². The maximum absolute atomic E-state index is 12.1. The standard InChI is InChI=1S/C16H19N5O3S2/c1-11-9-13(20-24-11)17-14(22)10-26-16-19-18-15(12-5-3-8-25-12)21(16)6-4-7-23-2/h3,5,8-9H,4,6-7,10H2,1-2H3,(H,17,20,22). The van der Waals surface area contributed by atoms with Crippen molar-refractivity contribution in [2.24, 2.45) is 0 Å². The third kappa shape index (κ3) is 4.71. The van der Waals surface area contributed by atoms with E-state index in [1.165, 1.54) is 11.8 Å². The molecule has 3 rings (SSSR count). The second-order valence-corrected chi connectivity index (χ2v) is 7.33. The van der Waals surface area contributed by atoms with Crippen LogP contribution in [-0.4, -0.2) is 45.3 Å². The zero-order chi connectivity index (χ0) is 18.4. The minimum absolute atomic E-state index is 0.174. The summed E-state index contributed by atoms with van der Waals surface area (Å²) in [6, 6.07) is 5.66. The van der Waals surface area contributed by atoms with Gasteiger partial charge in [0.25, 0.3) is 0 Å². The number of hydrogen-bond donors (Lipinski definition) is 1. The van der Waals surface area contributed by atoms with Crippen LogP contribution in [0, 0.1) is 6.92 Å². The first-order chi connectivity index (χ1) is 12.7. The van der Waals surface area contributed by atoms with Crippen LogP contribution in [0.4, 0.5) is 5.82 Å². The van der Waals surface area contributed by atoms with Gasteiger partial charge in [-0.3, -0.25) is 4.79 Å². The van der Waals surface area contributed by atoms with Crippen LogP contribution in [-0.2, 0) is 16.1 Å². The van der Waals surface area contributed by atoms with Crippen LogP contribution >= 0.6 is 23.1 Å². The highest BCUT2D eigenvalue weighted by Crippen LogP contribution is 2.27. The van der Waals surface area contributed by atoms with Crippen LogP contribution in [0.15, 0.2) is 33.3 Å². The van der Waals surface area contributed by atoms with Crippen molar-refractivity contribution in [1.29, 1.82) is 0 Å². The van der Waals surface area contributed by atoms with Gasteiger partial charge in [0.15, 0.2) is 16.8 Å². The third-order valence-corrected chi connectivity index (χ3v) is 5.25. The van der Waals surface area contributed by atoms with Crippen molar-refractivity contribution in [2.45, 2.75) is 25.0 Å². The Morgan fingerprint density at radius 3 is 3.04 bits per heavy atom. The molecule has 0 spiro atoms. The number of carbonyl (C=O) groups is 1. The predicted molar refractivity (Wildman–Crippen MR) is 100 cm³/mol. The lowest BCUT2D eigenvalue weighted by molar-refractivity contribution is -0.113. The summed E-state index contributed by atoms with van der Waals surface area (Å²) >= 11 is 2.95. The highest BCUT2D eigenvalue weighted by atomic mass is 32.2. The molecule has 0 aromatic carbocycles. The quantitative estimate of drug-likeness (QED) is 0.441. The van der Waals surface area contributed by atoms with Gasteiger partial charge in [-0.25, -0.2) is 0 Å². The van der Waals surface area contributed by atoms with Crippen molar-refractivity contribution in [3.8, 4) is 10.7 Å². The minimum Gasteiger partial charge on any atom is -0.385 e. The lowest BCUT2D eigenvalue weighted by atomic mass is 10.4. The van der Waals surface area contributed by atoms with Crippen LogP contribution in [0.3, 0.4) is 0 Å². The van der Waals surface area contributed by atoms with Gasteiger partial charge in [0.05, 0.1) is 10.6 Å². The number of nitrogens with zero attached hydrogens (tertiary/aromatic N) is 4. The first-order valence-corrected chi connectivity index (χ1v) is 9.86. The molecule has 0 aliphatic heterocycles. The van der Waals surface area contributed by atoms with E-state index in [4.69, 9.17) is 9.26 Å². The number of carbonyl (C=O) groups excluding carboxylic acids is 1. The fraction of sp³-hybridized carbons (Fsp3) is 0.375. The summed E-state index contributed by atoms with van der Waals surface area (Å²) in [5, 5.41) is 17.7. The number of thiophene rings is 1. The molecule has 10 heteroatoms. The molecule has 0 aliphatic carbocycles. The van der Waals surface area contributed by atoms with Gasteiger partial charge in [-0.2, -0.15) is 0 Å². The van der Waals surface area contributed by atoms with Crippen LogP contribution in [0.1, 0.15) is 12.2 Å². The maximum atomic E-state index is 12.1. The maximum Gasteiger partial charge on any atom is 0.236 e. The summed E-state index contributed by atoms with van der Waals surface area (Å²) in [5.41, 5.74) is 0. The molecule has 0 fully saturated rings. The molecule has 26 heavy (non-hydrogen) atoms. The molecular weight excluding hydrogens is 374 g/mol. The van der Waals surface area contributed by atoms with E-state index in [0.717, 1.165) is 23.7 Å². The van der Waals surface area contributed by atoms with Crippen molar-refractivity contribution in [3.63, 3.8) is 0 Å². The fourth-order valence-electron chi connectivity index (χ4n) is 2.29. The Morgan fingerprint density at radius 2 is 2.35 bits per heavy atom. The molecule has 0 saturated carbocycles. The number of thioether (sulfide) groups is 1. The van der Waals surface area contributed by atoms with E-state index in [2.05, 4.69) is 20.7 Å². The van der Waals surface area contributed by atoms with Gasteiger partial charge in [-0.15, -0.1) is 21.5 Å². The number of methoxy groups -OCH3 is 1. The van der Waals surface area contributed by atoms with Gasteiger partial charge in [0.2, 0.25) is 5.91 Å². The molecule has 3 aromatic heterocycles. The lowest BCUT2D eigenvalue weighted by Gasteiger charge is -2.09. The molecular formula is C16H19N5O3S2. The molecule has 3 aromatic rings. The van der Waals surface area contributed by atoms with Gasteiger partial charge in [-0.1, -0.05) is 23.0 Å². The van der Waals surface area contributed by atoms with E-state index in [1.807, 2.05) is 22.1 Å². The van der Waals surface area contributed by atoms with Gasteiger partial charge in [0, 0.05) is 26.3 Å². The van der Waals surface area contributed by atoms with E-state index in [1.54, 1.807) is 31.4 Å². The first-order valence-electron chi connectivity index (χ1n) is 7.99. The molecule has 3 heterocycles. The van der Waals surface area contributed by atoms with Crippen LogP contribution < -0.4 is 5.32 Å². The SMILES string of the molecule is COCCCn1c(SCC(=O)Nc2cc(C)on2)nnc1-c1cccs1. The Balaban J connectivity index is 1.67. The predicted octanol–water partition coefficient (Wildman–Crippen LogP) is 3.07. The number of aromatic nitrogens is 4. The zero-order valence-electron chi connectivity index (χ0n) is 14.5. The van der Waals surface area contributed by atoms with Crippen molar-refractivity contribution in [2.75, 3.05) is 24.8 Å².